The van der Waals surface area contributed by atoms with Crippen molar-refractivity contribution in [2.24, 2.45) is 11.1 Å². The lowest BCUT2D eigenvalue weighted by molar-refractivity contribution is 0.174. The van der Waals surface area contributed by atoms with Gasteiger partial charge in [-0.25, -0.2) is 8.42 Å². The molecule has 0 bridgehead atoms. The smallest absolute Gasteiger partial charge is 0.260 e. The van der Waals surface area contributed by atoms with Crippen molar-refractivity contribution in [3.8, 4) is 0 Å². The van der Waals surface area contributed by atoms with Crippen molar-refractivity contribution in [2.45, 2.75) is 57.1 Å². The quantitative estimate of drug-likeness (QED) is 0.880. The highest BCUT2D eigenvalue weighted by Gasteiger charge is 2.35. The molecule has 0 spiro atoms. The average Bonchev–Trinajstić information content (AvgIpc) is 2.87. The first-order chi connectivity index (χ1) is 9.28. The lowest BCUT2D eigenvalue weighted by atomic mass is 9.76. The van der Waals surface area contributed by atoms with E-state index in [9.17, 15) is 8.42 Å². The standard InChI is InChI=1S/C13H24N4O2S/c1-13(2)6-4-11(5-7-13)17(3)20(18,19)12-10(8-14)9-15-16-12/h9,11H,4-8,14H2,1-3H3,(H,15,16). The van der Waals surface area contributed by atoms with E-state index in [-0.39, 0.29) is 17.6 Å². The van der Waals surface area contributed by atoms with Gasteiger partial charge in [-0.15, -0.1) is 0 Å². The summed E-state index contributed by atoms with van der Waals surface area (Å²) < 4.78 is 26.7. The molecule has 114 valence electrons. The van der Waals surface area contributed by atoms with E-state index in [1.807, 2.05) is 0 Å². The lowest BCUT2D eigenvalue weighted by Gasteiger charge is -2.37. The molecule has 0 saturated heterocycles. The van der Waals surface area contributed by atoms with Gasteiger partial charge in [0, 0.05) is 25.2 Å². The molecule has 0 amide bonds. The number of H-pyrrole nitrogens is 1. The minimum atomic E-state index is -3.54. The number of sulfonamides is 1. The van der Waals surface area contributed by atoms with Gasteiger partial charge in [-0.1, -0.05) is 13.8 Å². The average molecular weight is 300 g/mol. The van der Waals surface area contributed by atoms with Gasteiger partial charge in [-0.2, -0.15) is 9.40 Å². The highest BCUT2D eigenvalue weighted by molar-refractivity contribution is 7.89. The van der Waals surface area contributed by atoms with Crippen LogP contribution in [-0.2, 0) is 16.6 Å². The summed E-state index contributed by atoms with van der Waals surface area (Å²) in [6.45, 7) is 4.63. The number of nitrogens with two attached hydrogens (primary N) is 1. The van der Waals surface area contributed by atoms with Crippen molar-refractivity contribution in [3.05, 3.63) is 11.8 Å². The molecule has 1 aromatic heterocycles. The summed E-state index contributed by atoms with van der Waals surface area (Å²) in [5.41, 5.74) is 6.42. The first-order valence-corrected chi connectivity index (χ1v) is 8.42. The predicted molar refractivity (Wildman–Crippen MR) is 77.5 cm³/mol. The summed E-state index contributed by atoms with van der Waals surface area (Å²) in [5, 5.41) is 6.50. The van der Waals surface area contributed by atoms with Crippen LogP contribution < -0.4 is 5.73 Å². The topological polar surface area (TPSA) is 92.1 Å². The van der Waals surface area contributed by atoms with Gasteiger partial charge in [0.25, 0.3) is 10.0 Å². The molecule has 1 aliphatic carbocycles. The van der Waals surface area contributed by atoms with Crippen molar-refractivity contribution in [2.75, 3.05) is 7.05 Å². The summed E-state index contributed by atoms with van der Waals surface area (Å²) in [6.07, 6.45) is 5.36. The molecular weight excluding hydrogens is 276 g/mol. The largest absolute Gasteiger partial charge is 0.326 e. The number of aromatic nitrogens is 2. The highest BCUT2D eigenvalue weighted by Crippen LogP contribution is 2.37. The second kappa shape index (κ2) is 5.46. The number of rotatable bonds is 4. The molecule has 0 atom stereocenters. The zero-order valence-electron chi connectivity index (χ0n) is 12.4. The minimum absolute atomic E-state index is 0.0574. The fraction of sp³-hybridized carbons (Fsp3) is 0.769. The van der Waals surface area contributed by atoms with Crippen molar-refractivity contribution >= 4 is 10.0 Å². The Balaban J connectivity index is 2.18. The van der Waals surface area contributed by atoms with Crippen LogP contribution in [0.15, 0.2) is 11.2 Å². The van der Waals surface area contributed by atoms with E-state index in [0.717, 1.165) is 25.7 Å². The molecular formula is C13H24N4O2S. The van der Waals surface area contributed by atoms with E-state index in [4.69, 9.17) is 5.73 Å². The molecule has 1 fully saturated rings. The molecule has 1 aromatic rings. The number of nitrogens with one attached hydrogen (secondary N) is 1. The second-order valence-corrected chi connectivity index (χ2v) is 8.28. The van der Waals surface area contributed by atoms with Crippen LogP contribution in [-0.4, -0.2) is 36.0 Å². The summed E-state index contributed by atoms with van der Waals surface area (Å²) in [6, 6.07) is 0.0574. The van der Waals surface area contributed by atoms with E-state index in [0.29, 0.717) is 11.0 Å². The van der Waals surface area contributed by atoms with E-state index in [1.54, 1.807) is 7.05 Å². The van der Waals surface area contributed by atoms with E-state index >= 15 is 0 Å². The second-order valence-electron chi connectivity index (χ2n) is 6.35. The summed E-state index contributed by atoms with van der Waals surface area (Å²) in [4.78, 5) is 0. The normalized spacial score (nSPS) is 20.4. The van der Waals surface area contributed by atoms with Crippen LogP contribution in [0.5, 0.6) is 0 Å². The molecule has 0 aliphatic heterocycles. The number of nitrogens with zero attached hydrogens (tertiary/aromatic N) is 2. The lowest BCUT2D eigenvalue weighted by Crippen LogP contribution is -2.41. The van der Waals surface area contributed by atoms with Crippen LogP contribution in [0.4, 0.5) is 0 Å². The van der Waals surface area contributed by atoms with Crippen LogP contribution >= 0.6 is 0 Å². The Kier molecular flexibility index (Phi) is 4.22. The monoisotopic (exact) mass is 300 g/mol. The molecule has 0 unspecified atom stereocenters. The van der Waals surface area contributed by atoms with Gasteiger partial charge in [0.15, 0.2) is 5.03 Å². The molecule has 20 heavy (non-hydrogen) atoms. The van der Waals surface area contributed by atoms with Crippen molar-refractivity contribution in [3.63, 3.8) is 0 Å². The van der Waals surface area contributed by atoms with Crippen molar-refractivity contribution in [1.29, 1.82) is 0 Å². The van der Waals surface area contributed by atoms with E-state index in [1.165, 1.54) is 10.5 Å². The number of hydrogen-bond acceptors (Lipinski definition) is 4. The molecule has 2 rings (SSSR count). The van der Waals surface area contributed by atoms with Gasteiger partial charge in [-0.3, -0.25) is 5.10 Å². The van der Waals surface area contributed by atoms with Gasteiger partial charge < -0.3 is 5.73 Å². The Labute approximate surface area is 120 Å². The third-order valence-corrected chi connectivity index (χ3v) is 6.28. The molecule has 0 aromatic carbocycles. The Morgan fingerprint density at radius 1 is 1.45 bits per heavy atom. The Morgan fingerprint density at radius 2 is 2.05 bits per heavy atom. The Morgan fingerprint density at radius 3 is 2.60 bits per heavy atom. The summed E-state index contributed by atoms with van der Waals surface area (Å²) in [7, 11) is -1.89. The van der Waals surface area contributed by atoms with E-state index < -0.39 is 10.0 Å². The fourth-order valence-electron chi connectivity index (χ4n) is 2.76. The maximum atomic E-state index is 12.6. The molecule has 1 heterocycles. The molecule has 7 heteroatoms. The Bertz CT molecular complexity index is 555. The molecule has 1 saturated carbocycles. The van der Waals surface area contributed by atoms with Gasteiger partial charge in [0.05, 0.1) is 6.20 Å². The summed E-state index contributed by atoms with van der Waals surface area (Å²) in [5.74, 6) is 0. The van der Waals surface area contributed by atoms with Gasteiger partial charge in [0.1, 0.15) is 0 Å². The zero-order chi connectivity index (χ0) is 15.0. The number of hydrogen-bond donors (Lipinski definition) is 2. The SMILES string of the molecule is CN(C1CCC(C)(C)CC1)S(=O)(=O)c1[nH]ncc1CN. The maximum absolute atomic E-state index is 12.6. The highest BCUT2D eigenvalue weighted by atomic mass is 32.2. The first kappa shape index (κ1) is 15.5. The third kappa shape index (κ3) is 2.89. The van der Waals surface area contributed by atoms with Crippen molar-refractivity contribution in [1.82, 2.24) is 14.5 Å². The fourth-order valence-corrected chi connectivity index (χ4v) is 4.28. The number of aromatic amines is 1. The van der Waals surface area contributed by atoms with Crippen LogP contribution in [0.2, 0.25) is 0 Å². The minimum Gasteiger partial charge on any atom is -0.326 e. The van der Waals surface area contributed by atoms with Gasteiger partial charge in [0.2, 0.25) is 0 Å². The van der Waals surface area contributed by atoms with Crippen LogP contribution in [0, 0.1) is 5.41 Å². The van der Waals surface area contributed by atoms with E-state index in [2.05, 4.69) is 24.0 Å². The van der Waals surface area contributed by atoms with Gasteiger partial charge >= 0.3 is 0 Å². The van der Waals surface area contributed by atoms with Crippen molar-refractivity contribution < 1.29 is 8.42 Å². The van der Waals surface area contributed by atoms with Crippen LogP contribution in [0.1, 0.15) is 45.1 Å². The van der Waals surface area contributed by atoms with Crippen LogP contribution in [0.25, 0.3) is 0 Å². The first-order valence-electron chi connectivity index (χ1n) is 6.98. The molecule has 6 nitrogen and oxygen atoms in total. The predicted octanol–water partition coefficient (Wildman–Crippen LogP) is 1.46. The third-order valence-electron chi connectivity index (χ3n) is 4.36. The van der Waals surface area contributed by atoms with Crippen LogP contribution in [0.3, 0.4) is 0 Å². The maximum Gasteiger partial charge on any atom is 0.260 e. The zero-order valence-corrected chi connectivity index (χ0v) is 13.2. The molecule has 3 N–H and O–H groups in total. The summed E-state index contributed by atoms with van der Waals surface area (Å²) >= 11 is 0. The molecule has 0 radical (unpaired) electrons. The Hall–Kier alpha value is -0.920. The molecule has 1 aliphatic rings. The van der Waals surface area contributed by atoms with Gasteiger partial charge in [-0.05, 0) is 31.1 Å².